The van der Waals surface area contributed by atoms with Crippen molar-refractivity contribution in [2.75, 3.05) is 0 Å². The largest absolute Gasteiger partial charge is 0.481 e. The molecular weight excluding hydrogens is 270 g/mol. The predicted octanol–water partition coefficient (Wildman–Crippen LogP) is 2.55. The summed E-state index contributed by atoms with van der Waals surface area (Å²) in [5.41, 5.74) is -0.610. The number of esters is 1. The number of halogens is 2. The smallest absolute Gasteiger partial charge is 0.321 e. The van der Waals surface area contributed by atoms with Crippen molar-refractivity contribution < 1.29 is 28.2 Å². The van der Waals surface area contributed by atoms with Crippen molar-refractivity contribution in [2.24, 2.45) is 5.92 Å². The summed E-state index contributed by atoms with van der Waals surface area (Å²) < 4.78 is 30.9. The molecule has 0 bridgehead atoms. The highest BCUT2D eigenvalue weighted by atomic mass is 19.2. The molecule has 0 aliphatic heterocycles. The average molecular weight is 286 g/mol. The first kappa shape index (κ1) is 16.1. The first-order valence-electron chi connectivity index (χ1n) is 6.00. The van der Waals surface area contributed by atoms with Gasteiger partial charge in [-0.1, -0.05) is 6.07 Å². The summed E-state index contributed by atoms with van der Waals surface area (Å²) in [6, 6.07) is 2.99. The van der Waals surface area contributed by atoms with E-state index in [2.05, 4.69) is 0 Å². The van der Waals surface area contributed by atoms with Crippen molar-refractivity contribution in [3.05, 3.63) is 35.4 Å². The zero-order valence-electron chi connectivity index (χ0n) is 11.4. The fourth-order valence-corrected chi connectivity index (χ4v) is 1.55. The monoisotopic (exact) mass is 286 g/mol. The molecule has 1 N–H and O–H groups in total. The second-order valence-corrected chi connectivity index (χ2v) is 5.38. The van der Waals surface area contributed by atoms with Gasteiger partial charge in [-0.05, 0) is 44.9 Å². The van der Waals surface area contributed by atoms with E-state index in [0.29, 0.717) is 0 Å². The van der Waals surface area contributed by atoms with Crippen LogP contribution in [-0.2, 0) is 20.7 Å². The molecule has 0 aliphatic rings. The summed E-state index contributed by atoms with van der Waals surface area (Å²) in [4.78, 5) is 22.9. The van der Waals surface area contributed by atoms with Gasteiger partial charge < -0.3 is 9.84 Å². The van der Waals surface area contributed by atoms with Crippen molar-refractivity contribution in [3.8, 4) is 0 Å². The van der Waals surface area contributed by atoms with E-state index in [1.807, 2.05) is 0 Å². The van der Waals surface area contributed by atoms with Crippen LogP contribution in [-0.4, -0.2) is 22.6 Å². The third-order valence-corrected chi connectivity index (χ3v) is 2.41. The van der Waals surface area contributed by atoms with Crippen LogP contribution in [0.25, 0.3) is 0 Å². The van der Waals surface area contributed by atoms with Crippen molar-refractivity contribution >= 4 is 11.9 Å². The van der Waals surface area contributed by atoms with Gasteiger partial charge in [-0.25, -0.2) is 8.78 Å². The Balaban J connectivity index is 2.90. The molecule has 0 amide bonds. The van der Waals surface area contributed by atoms with Gasteiger partial charge in [-0.2, -0.15) is 0 Å². The van der Waals surface area contributed by atoms with Gasteiger partial charge in [0.15, 0.2) is 17.6 Å². The van der Waals surface area contributed by atoms with E-state index in [0.717, 1.165) is 12.1 Å². The number of hydrogen-bond acceptors (Lipinski definition) is 3. The molecule has 0 unspecified atom stereocenters. The minimum Gasteiger partial charge on any atom is -0.481 e. The number of hydrogen-bond donors (Lipinski definition) is 1. The van der Waals surface area contributed by atoms with E-state index in [1.165, 1.54) is 6.07 Å². The number of ether oxygens (including phenoxy) is 1. The fourth-order valence-electron chi connectivity index (χ4n) is 1.55. The molecule has 0 saturated carbocycles. The van der Waals surface area contributed by atoms with Crippen molar-refractivity contribution in [1.29, 1.82) is 0 Å². The van der Waals surface area contributed by atoms with Crippen molar-refractivity contribution in [3.63, 3.8) is 0 Å². The second-order valence-electron chi connectivity index (χ2n) is 5.38. The molecule has 1 rings (SSSR count). The van der Waals surface area contributed by atoms with E-state index in [9.17, 15) is 18.4 Å². The normalized spacial score (nSPS) is 12.8. The quantitative estimate of drug-likeness (QED) is 0.682. The molecule has 1 aromatic carbocycles. The lowest BCUT2D eigenvalue weighted by Gasteiger charge is -2.22. The van der Waals surface area contributed by atoms with Crippen LogP contribution in [0.2, 0.25) is 0 Å². The zero-order valence-corrected chi connectivity index (χ0v) is 11.4. The minimum atomic E-state index is -1.46. The maximum atomic E-state index is 13.1. The van der Waals surface area contributed by atoms with Gasteiger partial charge in [-0.3, -0.25) is 9.59 Å². The molecule has 6 heteroatoms. The molecule has 0 heterocycles. The van der Waals surface area contributed by atoms with E-state index in [1.54, 1.807) is 20.8 Å². The lowest BCUT2D eigenvalue weighted by molar-refractivity contribution is -0.166. The molecule has 0 aliphatic carbocycles. The van der Waals surface area contributed by atoms with Crippen molar-refractivity contribution in [2.45, 2.75) is 32.8 Å². The number of carboxylic acids is 1. The maximum Gasteiger partial charge on any atom is 0.321 e. The third-order valence-electron chi connectivity index (χ3n) is 2.41. The molecule has 1 atom stereocenters. The standard InChI is InChI=1S/C14H16F2O4/c1-14(2,3)20-13(19)9(12(17)18)6-8-4-5-10(15)11(16)7-8/h4-5,7,9H,6H2,1-3H3,(H,17,18)/t9-/m0/s1. The summed E-state index contributed by atoms with van der Waals surface area (Å²) in [6.45, 7) is 4.84. The average Bonchev–Trinajstić information content (AvgIpc) is 2.27. The summed E-state index contributed by atoms with van der Waals surface area (Å²) in [5, 5.41) is 9.06. The van der Waals surface area contributed by atoms with Gasteiger partial charge in [-0.15, -0.1) is 0 Å². The highest BCUT2D eigenvalue weighted by Crippen LogP contribution is 2.17. The Morgan fingerprint density at radius 3 is 2.30 bits per heavy atom. The molecule has 1 aromatic rings. The Morgan fingerprint density at radius 2 is 1.85 bits per heavy atom. The van der Waals surface area contributed by atoms with Gasteiger partial charge >= 0.3 is 11.9 Å². The van der Waals surface area contributed by atoms with Gasteiger partial charge in [0, 0.05) is 0 Å². The van der Waals surface area contributed by atoms with E-state index < -0.39 is 35.1 Å². The Kier molecular flexibility index (Phi) is 4.81. The van der Waals surface area contributed by atoms with Crippen LogP contribution in [0.15, 0.2) is 18.2 Å². The molecule has 0 aromatic heterocycles. The predicted molar refractivity (Wildman–Crippen MR) is 67.0 cm³/mol. The van der Waals surface area contributed by atoms with Crippen LogP contribution in [0, 0.1) is 17.6 Å². The Bertz CT molecular complexity index is 520. The Labute approximate surface area is 115 Å². The molecule has 110 valence electrons. The number of aliphatic carboxylic acids is 1. The summed E-state index contributed by atoms with van der Waals surface area (Å²) in [6.07, 6.45) is -0.262. The molecule has 0 radical (unpaired) electrons. The number of benzene rings is 1. The van der Waals surface area contributed by atoms with Crippen LogP contribution in [0.3, 0.4) is 0 Å². The Hall–Kier alpha value is -1.98. The summed E-state index contributed by atoms with van der Waals surface area (Å²) in [5.74, 6) is -5.86. The molecular formula is C14H16F2O4. The molecule has 0 saturated heterocycles. The van der Waals surface area contributed by atoms with Gasteiger partial charge in [0.05, 0.1) is 0 Å². The van der Waals surface area contributed by atoms with Crippen LogP contribution in [0.4, 0.5) is 8.78 Å². The number of carbonyl (C=O) groups is 2. The zero-order chi connectivity index (χ0) is 15.5. The minimum absolute atomic E-state index is 0.210. The second kappa shape index (κ2) is 5.98. The van der Waals surface area contributed by atoms with E-state index >= 15 is 0 Å². The molecule has 0 spiro atoms. The van der Waals surface area contributed by atoms with E-state index in [4.69, 9.17) is 9.84 Å². The summed E-state index contributed by atoms with van der Waals surface area (Å²) in [7, 11) is 0. The van der Waals surface area contributed by atoms with Crippen LogP contribution in [0.1, 0.15) is 26.3 Å². The SMILES string of the molecule is CC(C)(C)OC(=O)[C@@H](Cc1ccc(F)c(F)c1)C(=O)O. The lowest BCUT2D eigenvalue weighted by atomic mass is 9.99. The van der Waals surface area contributed by atoms with E-state index in [-0.39, 0.29) is 12.0 Å². The number of rotatable bonds is 4. The van der Waals surface area contributed by atoms with Crippen molar-refractivity contribution in [1.82, 2.24) is 0 Å². The first-order valence-corrected chi connectivity index (χ1v) is 6.00. The van der Waals surface area contributed by atoms with Gasteiger partial charge in [0.2, 0.25) is 0 Å². The highest BCUT2D eigenvalue weighted by Gasteiger charge is 2.31. The number of carbonyl (C=O) groups excluding carboxylic acids is 1. The van der Waals surface area contributed by atoms with Crippen LogP contribution in [0.5, 0.6) is 0 Å². The first-order chi connectivity index (χ1) is 9.10. The van der Waals surface area contributed by atoms with Gasteiger partial charge in [0.25, 0.3) is 0 Å². The molecule has 0 fully saturated rings. The topological polar surface area (TPSA) is 63.6 Å². The Morgan fingerprint density at radius 1 is 1.25 bits per heavy atom. The fraction of sp³-hybridized carbons (Fsp3) is 0.429. The molecule has 4 nitrogen and oxygen atoms in total. The maximum absolute atomic E-state index is 13.1. The highest BCUT2D eigenvalue weighted by molar-refractivity contribution is 5.94. The number of carboxylic acid groups (broad SMARTS) is 1. The third kappa shape index (κ3) is 4.60. The lowest BCUT2D eigenvalue weighted by Crippen LogP contribution is -2.34. The van der Waals surface area contributed by atoms with Crippen LogP contribution < -0.4 is 0 Å². The molecule has 20 heavy (non-hydrogen) atoms. The summed E-state index contributed by atoms with van der Waals surface area (Å²) >= 11 is 0. The van der Waals surface area contributed by atoms with Crippen LogP contribution >= 0.6 is 0 Å². The van der Waals surface area contributed by atoms with Gasteiger partial charge in [0.1, 0.15) is 5.60 Å².